The molecular weight excluding hydrogens is 511 g/mol. The summed E-state index contributed by atoms with van der Waals surface area (Å²) >= 11 is 0. The molecule has 0 aliphatic carbocycles. The summed E-state index contributed by atoms with van der Waals surface area (Å²) in [5, 5.41) is 0. The molecular formula is C36H51O3P. The van der Waals surface area contributed by atoms with Crippen LogP contribution in [0.4, 0.5) is 0 Å². The number of aryl methyl sites for hydroxylation is 2. The molecule has 0 heterocycles. The summed E-state index contributed by atoms with van der Waals surface area (Å²) in [7, 11) is -1.77. The second-order valence-electron chi connectivity index (χ2n) is 12.5. The van der Waals surface area contributed by atoms with Crippen molar-refractivity contribution < 1.29 is 13.6 Å². The Morgan fingerprint density at radius 2 is 1.02 bits per heavy atom. The second kappa shape index (κ2) is 14.9. The highest BCUT2D eigenvalue weighted by molar-refractivity contribution is 7.43. The summed E-state index contributed by atoms with van der Waals surface area (Å²) in [4.78, 5) is 0. The molecule has 40 heavy (non-hydrogen) atoms. The zero-order valence-electron chi connectivity index (χ0n) is 26.2. The first-order valence-electron chi connectivity index (χ1n) is 15.2. The van der Waals surface area contributed by atoms with Gasteiger partial charge in [-0.1, -0.05) is 134 Å². The van der Waals surface area contributed by atoms with Crippen molar-refractivity contribution in [1.82, 2.24) is 0 Å². The van der Waals surface area contributed by atoms with Crippen molar-refractivity contribution in [2.45, 2.75) is 118 Å². The van der Waals surface area contributed by atoms with Gasteiger partial charge < -0.3 is 13.6 Å². The maximum atomic E-state index is 6.72. The molecule has 0 fully saturated rings. The van der Waals surface area contributed by atoms with E-state index >= 15 is 0 Å². The summed E-state index contributed by atoms with van der Waals surface area (Å²) in [5.74, 6) is 2.41. The predicted molar refractivity (Wildman–Crippen MR) is 172 cm³/mol. The Balaban J connectivity index is 1.98. The molecule has 0 aliphatic heterocycles. The van der Waals surface area contributed by atoms with Gasteiger partial charge in [0.05, 0.1) is 0 Å². The molecule has 0 aliphatic rings. The number of benzene rings is 3. The molecule has 3 aromatic carbocycles. The van der Waals surface area contributed by atoms with Crippen molar-refractivity contribution in [2.75, 3.05) is 0 Å². The van der Waals surface area contributed by atoms with Gasteiger partial charge in [-0.15, -0.1) is 0 Å². The van der Waals surface area contributed by atoms with Crippen LogP contribution in [0.25, 0.3) is 0 Å². The third kappa shape index (κ3) is 9.27. The smallest absolute Gasteiger partial charge is 0.409 e. The minimum Gasteiger partial charge on any atom is -0.409 e. The molecule has 0 saturated heterocycles. The molecule has 0 amide bonds. The van der Waals surface area contributed by atoms with Gasteiger partial charge >= 0.3 is 8.60 Å². The number of para-hydroxylation sites is 1. The van der Waals surface area contributed by atoms with E-state index in [4.69, 9.17) is 13.6 Å². The summed E-state index contributed by atoms with van der Waals surface area (Å²) in [6.45, 7) is 18.1. The van der Waals surface area contributed by atoms with Crippen LogP contribution in [0.15, 0.2) is 66.7 Å². The van der Waals surface area contributed by atoms with E-state index in [0.717, 1.165) is 30.1 Å². The van der Waals surface area contributed by atoms with Crippen molar-refractivity contribution in [3.8, 4) is 17.2 Å². The Hall–Kier alpha value is -2.51. The molecule has 0 N–H and O–H groups in total. The van der Waals surface area contributed by atoms with Crippen molar-refractivity contribution in [2.24, 2.45) is 0 Å². The molecule has 0 radical (unpaired) electrons. The van der Waals surface area contributed by atoms with E-state index < -0.39 is 8.60 Å². The topological polar surface area (TPSA) is 27.7 Å². The number of rotatable bonds is 16. The van der Waals surface area contributed by atoms with Gasteiger partial charge in [-0.25, -0.2) is 0 Å². The van der Waals surface area contributed by atoms with Crippen LogP contribution in [0.3, 0.4) is 0 Å². The van der Waals surface area contributed by atoms with Crippen molar-refractivity contribution >= 4 is 8.60 Å². The SMILES string of the molecule is CCCCCC(C)(C)c1cc(C)ccc1OP(Oc1ccccc1)Oc1ccc(C)cc1C(C)(C)CCCCC. The van der Waals surface area contributed by atoms with Gasteiger partial charge in [0, 0.05) is 11.1 Å². The van der Waals surface area contributed by atoms with E-state index in [1.807, 2.05) is 30.3 Å². The molecule has 0 spiro atoms. The fourth-order valence-corrected chi connectivity index (χ4v) is 6.24. The Morgan fingerprint density at radius 1 is 0.575 bits per heavy atom. The summed E-state index contributed by atoms with van der Waals surface area (Å²) in [6.07, 6.45) is 9.51. The zero-order valence-corrected chi connectivity index (χ0v) is 27.1. The van der Waals surface area contributed by atoms with E-state index in [1.165, 1.54) is 60.8 Å². The third-order valence-electron chi connectivity index (χ3n) is 7.81. The lowest BCUT2D eigenvalue weighted by Gasteiger charge is -2.30. The molecule has 4 heteroatoms. The first-order chi connectivity index (χ1) is 19.1. The van der Waals surface area contributed by atoms with Crippen LogP contribution in [-0.2, 0) is 10.8 Å². The Labute approximate surface area is 245 Å². The minimum absolute atomic E-state index is 0.0272. The van der Waals surface area contributed by atoms with E-state index in [0.29, 0.717) is 0 Å². The molecule has 0 aromatic heterocycles. The molecule has 3 rings (SSSR count). The second-order valence-corrected chi connectivity index (χ2v) is 13.5. The fourth-order valence-electron chi connectivity index (χ4n) is 5.19. The van der Waals surface area contributed by atoms with Gasteiger partial charge in [0.15, 0.2) is 0 Å². The van der Waals surface area contributed by atoms with Gasteiger partial charge in [0.1, 0.15) is 17.2 Å². The predicted octanol–water partition coefficient (Wildman–Crippen LogP) is 11.8. The van der Waals surface area contributed by atoms with Crippen molar-refractivity contribution in [1.29, 1.82) is 0 Å². The standard InChI is InChI=1S/C36H51O3P/c1-9-11-16-24-35(5,6)31-26-28(3)20-22-33(31)38-40(37-30-18-14-13-15-19-30)39-34-23-21-29(4)27-32(34)36(7,8)25-17-12-10-2/h13-15,18-23,26-27H,9-12,16-17,24-25H2,1-8H3. The summed E-state index contributed by atoms with van der Waals surface area (Å²) < 4.78 is 19.9. The minimum atomic E-state index is -1.77. The Bertz CT molecular complexity index is 1110. The lowest BCUT2D eigenvalue weighted by atomic mass is 9.79. The van der Waals surface area contributed by atoms with E-state index in [2.05, 4.69) is 91.8 Å². The maximum absolute atomic E-state index is 6.72. The van der Waals surface area contributed by atoms with Gasteiger partial charge in [-0.3, -0.25) is 0 Å². The van der Waals surface area contributed by atoms with Crippen LogP contribution in [0, 0.1) is 13.8 Å². The third-order valence-corrected chi connectivity index (χ3v) is 8.86. The van der Waals surface area contributed by atoms with E-state index in [9.17, 15) is 0 Å². The molecule has 0 bridgehead atoms. The van der Waals surface area contributed by atoms with Crippen LogP contribution in [0.1, 0.15) is 115 Å². The van der Waals surface area contributed by atoms with Gasteiger partial charge in [-0.05, 0) is 61.8 Å². The first-order valence-corrected chi connectivity index (χ1v) is 16.3. The first kappa shape index (κ1) is 32.0. The normalized spacial score (nSPS) is 12.0. The molecule has 0 atom stereocenters. The molecule has 0 saturated carbocycles. The zero-order chi connectivity index (χ0) is 29.2. The number of hydrogen-bond donors (Lipinski definition) is 0. The number of hydrogen-bond acceptors (Lipinski definition) is 3. The van der Waals surface area contributed by atoms with Crippen LogP contribution in [0.5, 0.6) is 17.2 Å². The quantitative estimate of drug-likeness (QED) is 0.128. The van der Waals surface area contributed by atoms with Crippen molar-refractivity contribution in [3.63, 3.8) is 0 Å². The van der Waals surface area contributed by atoms with Gasteiger partial charge in [0.2, 0.25) is 0 Å². The van der Waals surface area contributed by atoms with Crippen LogP contribution in [-0.4, -0.2) is 0 Å². The summed E-state index contributed by atoms with van der Waals surface area (Å²) in [6, 6.07) is 22.8. The van der Waals surface area contributed by atoms with Gasteiger partial charge in [-0.2, -0.15) is 0 Å². The average molecular weight is 563 g/mol. The average Bonchev–Trinajstić information content (AvgIpc) is 2.91. The van der Waals surface area contributed by atoms with E-state index in [-0.39, 0.29) is 10.8 Å². The van der Waals surface area contributed by atoms with E-state index in [1.54, 1.807) is 0 Å². The lowest BCUT2D eigenvalue weighted by Crippen LogP contribution is -2.20. The molecule has 3 aromatic rings. The molecule has 3 nitrogen and oxygen atoms in total. The summed E-state index contributed by atoms with van der Waals surface area (Å²) in [5.41, 5.74) is 4.83. The molecule has 0 unspecified atom stereocenters. The maximum Gasteiger partial charge on any atom is 0.530 e. The number of unbranched alkanes of at least 4 members (excludes halogenated alkanes) is 4. The highest BCUT2D eigenvalue weighted by Gasteiger charge is 2.31. The van der Waals surface area contributed by atoms with Crippen LogP contribution < -0.4 is 13.6 Å². The van der Waals surface area contributed by atoms with Crippen LogP contribution >= 0.6 is 8.60 Å². The largest absolute Gasteiger partial charge is 0.530 e. The van der Waals surface area contributed by atoms with Gasteiger partial charge in [0.25, 0.3) is 0 Å². The highest BCUT2D eigenvalue weighted by Crippen LogP contribution is 2.48. The Kier molecular flexibility index (Phi) is 11.9. The highest BCUT2D eigenvalue weighted by atomic mass is 31.2. The van der Waals surface area contributed by atoms with Crippen molar-refractivity contribution in [3.05, 3.63) is 89.0 Å². The fraction of sp³-hybridized carbons (Fsp3) is 0.500. The monoisotopic (exact) mass is 562 g/mol. The lowest BCUT2D eigenvalue weighted by molar-refractivity contribution is 0.366. The van der Waals surface area contributed by atoms with Crippen LogP contribution in [0.2, 0.25) is 0 Å². The Morgan fingerprint density at radius 3 is 1.45 bits per heavy atom. The molecule has 218 valence electrons.